The van der Waals surface area contributed by atoms with Crippen LogP contribution in [0.3, 0.4) is 0 Å². The average molecular weight is 153 g/mol. The molecular formula is C8H11NO2. The predicted octanol–water partition coefficient (Wildman–Crippen LogP) is 0.109. The maximum Gasteiger partial charge on any atom is 0.178 e. The summed E-state index contributed by atoms with van der Waals surface area (Å²) in [5, 5.41) is 9.52. The molecule has 1 rings (SSSR count). The van der Waals surface area contributed by atoms with Crippen molar-refractivity contribution in [3.8, 4) is 0 Å². The molecule has 60 valence electrons. The van der Waals surface area contributed by atoms with Gasteiger partial charge in [0.25, 0.3) is 0 Å². The fourth-order valence-corrected chi connectivity index (χ4v) is 0.999. The smallest absolute Gasteiger partial charge is 0.178 e. The molecule has 0 bridgehead atoms. The molecule has 1 aliphatic rings. The Kier molecular flexibility index (Phi) is 1.70. The number of hydrogen-bond donors (Lipinski definition) is 2. The summed E-state index contributed by atoms with van der Waals surface area (Å²) in [6.45, 7) is 3.27. The largest absolute Gasteiger partial charge is 0.368 e. The Morgan fingerprint density at radius 1 is 1.36 bits per heavy atom. The Morgan fingerprint density at radius 3 is 2.09 bits per heavy atom. The number of ketones is 1. The summed E-state index contributed by atoms with van der Waals surface area (Å²) in [5.74, 6) is -0.116. The molecule has 11 heavy (non-hydrogen) atoms. The van der Waals surface area contributed by atoms with Crippen molar-refractivity contribution < 1.29 is 9.90 Å². The minimum Gasteiger partial charge on any atom is -0.368 e. The minimum absolute atomic E-state index is 0.116. The third kappa shape index (κ3) is 1.25. The molecule has 0 radical (unpaired) electrons. The van der Waals surface area contributed by atoms with Gasteiger partial charge in [-0.25, -0.2) is 0 Å². The highest BCUT2D eigenvalue weighted by molar-refractivity contribution is 6.02. The third-order valence-corrected chi connectivity index (χ3v) is 1.92. The number of allylic oxidation sites excluding steroid dienone is 2. The summed E-state index contributed by atoms with van der Waals surface area (Å²) in [6.07, 6.45) is 2.68. The number of nitrogens with two attached hydrogens (primary N) is 1. The monoisotopic (exact) mass is 153 g/mol. The van der Waals surface area contributed by atoms with Crippen LogP contribution >= 0.6 is 0 Å². The van der Waals surface area contributed by atoms with E-state index >= 15 is 0 Å². The summed E-state index contributed by atoms with van der Waals surface area (Å²) in [6, 6.07) is 0. The number of hydrogen-bond acceptors (Lipinski definition) is 3. The molecular weight excluding hydrogens is 142 g/mol. The fourth-order valence-electron chi connectivity index (χ4n) is 0.999. The molecule has 0 heterocycles. The molecule has 0 fully saturated rings. The molecule has 0 saturated carbocycles. The summed E-state index contributed by atoms with van der Waals surface area (Å²) in [7, 11) is 0. The van der Waals surface area contributed by atoms with E-state index < -0.39 is 5.72 Å². The molecule has 1 aliphatic carbocycles. The Labute approximate surface area is 65.2 Å². The molecule has 0 spiro atoms. The zero-order chi connectivity index (χ0) is 8.65. The first-order chi connectivity index (χ1) is 4.94. The van der Waals surface area contributed by atoms with Crippen molar-refractivity contribution in [1.82, 2.24) is 0 Å². The molecule has 0 amide bonds. The minimum atomic E-state index is -1.42. The van der Waals surface area contributed by atoms with E-state index in [-0.39, 0.29) is 5.78 Å². The lowest BCUT2D eigenvalue weighted by Crippen LogP contribution is -2.44. The summed E-state index contributed by atoms with van der Waals surface area (Å²) in [4.78, 5) is 10.9. The van der Waals surface area contributed by atoms with Crippen LogP contribution in [0.15, 0.2) is 23.3 Å². The quantitative estimate of drug-likeness (QED) is 0.485. The first-order valence-corrected chi connectivity index (χ1v) is 3.37. The van der Waals surface area contributed by atoms with Gasteiger partial charge in [0.1, 0.15) is 0 Å². The van der Waals surface area contributed by atoms with Gasteiger partial charge in [-0.1, -0.05) is 0 Å². The van der Waals surface area contributed by atoms with E-state index in [1.54, 1.807) is 13.8 Å². The third-order valence-electron chi connectivity index (χ3n) is 1.92. The van der Waals surface area contributed by atoms with Gasteiger partial charge in [0.15, 0.2) is 11.5 Å². The molecule has 0 atom stereocenters. The fraction of sp³-hybridized carbons (Fsp3) is 0.375. The topological polar surface area (TPSA) is 63.3 Å². The summed E-state index contributed by atoms with van der Waals surface area (Å²) < 4.78 is 0. The number of aliphatic hydroxyl groups is 1. The van der Waals surface area contributed by atoms with Gasteiger partial charge in [0, 0.05) is 0 Å². The maximum absolute atomic E-state index is 10.9. The molecule has 0 saturated heterocycles. The molecule has 3 N–H and O–H groups in total. The molecule has 3 heteroatoms. The molecule has 0 aliphatic heterocycles. The lowest BCUT2D eigenvalue weighted by Gasteiger charge is -2.27. The Bertz CT molecular complexity index is 237. The van der Waals surface area contributed by atoms with E-state index in [4.69, 9.17) is 5.73 Å². The normalized spacial score (nSPS) is 22.7. The van der Waals surface area contributed by atoms with Crippen LogP contribution in [0.1, 0.15) is 13.8 Å². The van der Waals surface area contributed by atoms with E-state index in [1.807, 2.05) is 0 Å². The maximum atomic E-state index is 10.9. The van der Waals surface area contributed by atoms with Crippen LogP contribution in [0.5, 0.6) is 0 Å². The number of carbonyl (C=O) groups excluding carboxylic acids is 1. The lowest BCUT2D eigenvalue weighted by atomic mass is 9.91. The second kappa shape index (κ2) is 2.29. The highest BCUT2D eigenvalue weighted by Gasteiger charge is 2.29. The van der Waals surface area contributed by atoms with Crippen molar-refractivity contribution >= 4 is 5.78 Å². The second-order valence-electron chi connectivity index (χ2n) is 2.82. The van der Waals surface area contributed by atoms with Crippen LogP contribution in [-0.4, -0.2) is 16.6 Å². The van der Waals surface area contributed by atoms with Crippen molar-refractivity contribution in [2.75, 3.05) is 0 Å². The van der Waals surface area contributed by atoms with Crippen LogP contribution in [0.4, 0.5) is 0 Å². The van der Waals surface area contributed by atoms with Crippen LogP contribution in [0, 0.1) is 0 Å². The van der Waals surface area contributed by atoms with Crippen molar-refractivity contribution in [3.05, 3.63) is 23.3 Å². The summed E-state index contributed by atoms with van der Waals surface area (Å²) >= 11 is 0. The lowest BCUT2D eigenvalue weighted by molar-refractivity contribution is -0.111. The van der Waals surface area contributed by atoms with E-state index in [0.29, 0.717) is 11.1 Å². The molecule has 0 aromatic heterocycles. The van der Waals surface area contributed by atoms with Crippen molar-refractivity contribution in [1.29, 1.82) is 0 Å². The van der Waals surface area contributed by atoms with Crippen molar-refractivity contribution in [2.45, 2.75) is 19.6 Å². The number of carbonyl (C=O) groups is 1. The van der Waals surface area contributed by atoms with E-state index in [1.165, 1.54) is 12.2 Å². The van der Waals surface area contributed by atoms with Crippen molar-refractivity contribution in [2.24, 2.45) is 5.73 Å². The van der Waals surface area contributed by atoms with Gasteiger partial charge in [0.2, 0.25) is 0 Å². The molecule has 0 aromatic rings. The SMILES string of the molecule is CC1=CC(=O)C=C(C)C1(N)O. The Balaban J connectivity index is 3.11. The molecule has 3 nitrogen and oxygen atoms in total. The number of rotatable bonds is 0. The second-order valence-corrected chi connectivity index (χ2v) is 2.82. The van der Waals surface area contributed by atoms with E-state index in [0.717, 1.165) is 0 Å². The van der Waals surface area contributed by atoms with Crippen LogP contribution < -0.4 is 5.73 Å². The van der Waals surface area contributed by atoms with Crippen LogP contribution in [-0.2, 0) is 4.79 Å². The van der Waals surface area contributed by atoms with Crippen LogP contribution in [0.25, 0.3) is 0 Å². The molecule has 0 unspecified atom stereocenters. The average Bonchev–Trinajstić information content (AvgIpc) is 1.84. The first kappa shape index (κ1) is 8.17. The Morgan fingerprint density at radius 2 is 1.73 bits per heavy atom. The summed E-state index contributed by atoms with van der Waals surface area (Å²) in [5.41, 5.74) is 5.05. The first-order valence-electron chi connectivity index (χ1n) is 3.37. The molecule has 0 aromatic carbocycles. The Hall–Kier alpha value is -0.930. The van der Waals surface area contributed by atoms with Gasteiger partial charge in [-0.2, -0.15) is 0 Å². The zero-order valence-corrected chi connectivity index (χ0v) is 6.59. The standard InChI is InChI=1S/C8H11NO2/c1-5-3-7(10)4-6(2)8(5,9)11/h3-4,11H,9H2,1-2H3. The highest BCUT2D eigenvalue weighted by Crippen LogP contribution is 2.23. The van der Waals surface area contributed by atoms with Crippen LogP contribution in [0.2, 0.25) is 0 Å². The van der Waals surface area contributed by atoms with Gasteiger partial charge in [-0.15, -0.1) is 0 Å². The van der Waals surface area contributed by atoms with Gasteiger partial charge in [-0.05, 0) is 37.1 Å². The van der Waals surface area contributed by atoms with Crippen molar-refractivity contribution in [3.63, 3.8) is 0 Å². The highest BCUT2D eigenvalue weighted by atomic mass is 16.3. The van der Waals surface area contributed by atoms with E-state index in [2.05, 4.69) is 0 Å². The van der Waals surface area contributed by atoms with E-state index in [9.17, 15) is 9.90 Å². The predicted molar refractivity (Wildman–Crippen MR) is 41.7 cm³/mol. The van der Waals surface area contributed by atoms with Gasteiger partial charge in [-0.3, -0.25) is 10.5 Å². The zero-order valence-electron chi connectivity index (χ0n) is 6.59. The van der Waals surface area contributed by atoms with Gasteiger partial charge < -0.3 is 5.11 Å². The van der Waals surface area contributed by atoms with Gasteiger partial charge in [0.05, 0.1) is 0 Å². The van der Waals surface area contributed by atoms with Gasteiger partial charge >= 0.3 is 0 Å².